The third kappa shape index (κ3) is 10.5. The van der Waals surface area contributed by atoms with Crippen LogP contribution in [-0.2, 0) is 0 Å². The van der Waals surface area contributed by atoms with Crippen LogP contribution in [0.15, 0.2) is 91.0 Å². The van der Waals surface area contributed by atoms with Crippen molar-refractivity contribution in [3.63, 3.8) is 0 Å². The Morgan fingerprint density at radius 3 is 0.714 bits per heavy atom. The van der Waals surface area contributed by atoms with Gasteiger partial charge in [-0.2, -0.15) is 0 Å². The van der Waals surface area contributed by atoms with Gasteiger partial charge in [0.2, 0.25) is 0 Å². The minimum Gasteiger partial charge on any atom is -0.545 e. The normalized spacial score (nSPS) is 8.57. The summed E-state index contributed by atoms with van der Waals surface area (Å²) in [4.78, 5) is 30.3. The average molecular weight is 522 g/mol. The van der Waals surface area contributed by atoms with E-state index in [1.165, 1.54) is 36.4 Å². The predicted molar refractivity (Wildman–Crippen MR) is 92.3 cm³/mol. The van der Waals surface area contributed by atoms with E-state index in [1.54, 1.807) is 54.6 Å². The van der Waals surface area contributed by atoms with E-state index < -0.39 is 17.9 Å². The maximum Gasteiger partial charge on any atom is 3.00 e. The quantitative estimate of drug-likeness (QED) is 0.483. The van der Waals surface area contributed by atoms with Gasteiger partial charge < -0.3 is 29.7 Å². The Balaban J connectivity index is 0.000000384. The van der Waals surface area contributed by atoms with Crippen molar-refractivity contribution in [3.8, 4) is 0 Å². The molecule has 0 heterocycles. The van der Waals surface area contributed by atoms with E-state index in [0.29, 0.717) is 0 Å². The van der Waals surface area contributed by atoms with E-state index >= 15 is 0 Å². The fourth-order valence-corrected chi connectivity index (χ4v) is 1.72. The fourth-order valence-electron chi connectivity index (χ4n) is 1.72. The Bertz CT molecular complexity index is 734. The number of carboxylic acid groups (broad SMARTS) is 3. The van der Waals surface area contributed by atoms with Gasteiger partial charge in [0.25, 0.3) is 0 Å². The molecule has 0 atom stereocenters. The van der Waals surface area contributed by atoms with Crippen molar-refractivity contribution >= 4 is 17.9 Å². The number of carboxylic acids is 3. The molecule has 144 valence electrons. The van der Waals surface area contributed by atoms with Crippen LogP contribution in [-0.4, -0.2) is 17.9 Å². The van der Waals surface area contributed by atoms with Crippen LogP contribution >= 0.6 is 0 Å². The zero-order valence-corrected chi connectivity index (χ0v) is 16.6. The second kappa shape index (κ2) is 14.4. The van der Waals surface area contributed by atoms with Crippen LogP contribution in [0.3, 0.4) is 0 Å². The molecule has 0 aliphatic carbocycles. The van der Waals surface area contributed by atoms with Crippen molar-refractivity contribution in [2.24, 2.45) is 0 Å². The van der Waals surface area contributed by atoms with Gasteiger partial charge in [-0.15, -0.1) is 0 Å². The molecule has 0 aliphatic rings. The standard InChI is InChI=1S/3C7H6O2.Tb/c3*8-7(9)6-4-2-1-3-5-6;/h3*1-5H,(H,8,9);/q;;;+3/p-3. The number of benzene rings is 3. The summed E-state index contributed by atoms with van der Waals surface area (Å²) in [5, 5.41) is 30.3. The molecule has 3 aromatic rings. The smallest absolute Gasteiger partial charge is 0.545 e. The van der Waals surface area contributed by atoms with Crippen molar-refractivity contribution < 1.29 is 68.3 Å². The van der Waals surface area contributed by atoms with Gasteiger partial charge in [-0.05, 0) is 16.7 Å². The van der Waals surface area contributed by atoms with Crippen LogP contribution < -0.4 is 15.3 Å². The SMILES string of the molecule is O=C([O-])c1ccccc1.O=C([O-])c1ccccc1.O=C([O-])c1ccccc1.[Tb+3]. The maximum atomic E-state index is 10.1. The summed E-state index contributed by atoms with van der Waals surface area (Å²) in [6.07, 6.45) is 0. The van der Waals surface area contributed by atoms with Crippen LogP contribution in [0.25, 0.3) is 0 Å². The molecule has 0 unspecified atom stereocenters. The van der Waals surface area contributed by atoms with Gasteiger partial charge in [0, 0.05) is 0 Å². The maximum absolute atomic E-state index is 10.1. The first-order chi connectivity index (χ1) is 12.9. The molecule has 3 rings (SSSR count). The summed E-state index contributed by atoms with van der Waals surface area (Å²) in [6.45, 7) is 0. The topological polar surface area (TPSA) is 120 Å². The number of aromatic carboxylic acids is 3. The van der Waals surface area contributed by atoms with E-state index in [2.05, 4.69) is 0 Å². The summed E-state index contributed by atoms with van der Waals surface area (Å²) in [5.74, 6) is -3.39. The molecular formula is C21H15O6Tb. The van der Waals surface area contributed by atoms with Crippen molar-refractivity contribution in [2.45, 2.75) is 0 Å². The van der Waals surface area contributed by atoms with Gasteiger partial charge in [-0.3, -0.25) is 0 Å². The Labute approximate surface area is 192 Å². The first-order valence-electron chi connectivity index (χ1n) is 7.71. The molecule has 0 N–H and O–H groups in total. The molecule has 0 aromatic heterocycles. The molecule has 7 heteroatoms. The Morgan fingerprint density at radius 1 is 0.429 bits per heavy atom. The van der Waals surface area contributed by atoms with Crippen LogP contribution in [0.4, 0.5) is 0 Å². The average Bonchev–Trinajstić information content (AvgIpc) is 2.71. The van der Waals surface area contributed by atoms with E-state index in [9.17, 15) is 29.7 Å². The van der Waals surface area contributed by atoms with Crippen molar-refractivity contribution in [1.82, 2.24) is 0 Å². The number of hydrogen-bond donors (Lipinski definition) is 0. The molecule has 0 fully saturated rings. The van der Waals surface area contributed by atoms with Crippen LogP contribution in [0, 0.1) is 38.6 Å². The minimum atomic E-state index is -1.13. The second-order valence-electron chi connectivity index (χ2n) is 4.96. The second-order valence-corrected chi connectivity index (χ2v) is 4.96. The third-order valence-corrected chi connectivity index (χ3v) is 3.03. The van der Waals surface area contributed by atoms with E-state index in [0.717, 1.165) is 0 Å². The summed E-state index contributed by atoms with van der Waals surface area (Å²) in [7, 11) is 0. The van der Waals surface area contributed by atoms with E-state index in [-0.39, 0.29) is 55.3 Å². The molecule has 28 heavy (non-hydrogen) atoms. The molecule has 0 radical (unpaired) electrons. The number of rotatable bonds is 3. The van der Waals surface area contributed by atoms with Crippen LogP contribution in [0.2, 0.25) is 0 Å². The van der Waals surface area contributed by atoms with Crippen molar-refractivity contribution in [1.29, 1.82) is 0 Å². The van der Waals surface area contributed by atoms with Crippen molar-refractivity contribution in [3.05, 3.63) is 108 Å². The first-order valence-corrected chi connectivity index (χ1v) is 7.71. The molecule has 0 spiro atoms. The first kappa shape index (κ1) is 25.4. The molecule has 0 amide bonds. The number of hydrogen-bond acceptors (Lipinski definition) is 6. The number of carbonyl (C=O) groups is 3. The zero-order valence-electron chi connectivity index (χ0n) is 14.4. The van der Waals surface area contributed by atoms with Gasteiger partial charge in [-0.1, -0.05) is 91.0 Å². The summed E-state index contributed by atoms with van der Waals surface area (Å²) in [6, 6.07) is 24.2. The van der Waals surface area contributed by atoms with Gasteiger partial charge in [-0.25, -0.2) is 0 Å². The molecule has 6 nitrogen and oxygen atoms in total. The fraction of sp³-hybridized carbons (Fsp3) is 0. The monoisotopic (exact) mass is 522 g/mol. The molecule has 3 aromatic carbocycles. The summed E-state index contributed by atoms with van der Waals surface area (Å²) < 4.78 is 0. The Kier molecular flexibility index (Phi) is 13.1. The Morgan fingerprint density at radius 2 is 0.607 bits per heavy atom. The van der Waals surface area contributed by atoms with E-state index in [4.69, 9.17) is 0 Å². The van der Waals surface area contributed by atoms with Gasteiger partial charge >= 0.3 is 38.6 Å². The van der Waals surface area contributed by atoms with Crippen LogP contribution in [0.5, 0.6) is 0 Å². The third-order valence-electron chi connectivity index (χ3n) is 3.03. The number of carbonyl (C=O) groups excluding carboxylic acids is 3. The van der Waals surface area contributed by atoms with Gasteiger partial charge in [0.1, 0.15) is 0 Å². The molecular weight excluding hydrogens is 507 g/mol. The predicted octanol–water partition coefficient (Wildman–Crippen LogP) is 0.150. The van der Waals surface area contributed by atoms with Crippen LogP contribution in [0.1, 0.15) is 31.1 Å². The Hall–Kier alpha value is -2.64. The van der Waals surface area contributed by atoms with Gasteiger partial charge in [0.05, 0.1) is 17.9 Å². The molecule has 0 bridgehead atoms. The largest absolute Gasteiger partial charge is 3.00 e. The molecule has 0 aliphatic heterocycles. The zero-order chi connectivity index (χ0) is 20.1. The van der Waals surface area contributed by atoms with E-state index in [1.807, 2.05) is 0 Å². The molecule has 0 saturated heterocycles. The van der Waals surface area contributed by atoms with Crippen molar-refractivity contribution in [2.75, 3.05) is 0 Å². The van der Waals surface area contributed by atoms with Gasteiger partial charge in [0.15, 0.2) is 0 Å². The summed E-state index contributed by atoms with van der Waals surface area (Å²) >= 11 is 0. The molecule has 0 saturated carbocycles. The minimum absolute atomic E-state index is 0. The summed E-state index contributed by atoms with van der Waals surface area (Å²) in [5.41, 5.74) is 0.660.